The van der Waals surface area contributed by atoms with Crippen LogP contribution in [0.5, 0.6) is 0 Å². The first-order valence-electron chi connectivity index (χ1n) is 6.90. The van der Waals surface area contributed by atoms with Gasteiger partial charge in [-0.15, -0.1) is 0 Å². The Balaban J connectivity index is 2.09. The molecule has 20 heavy (non-hydrogen) atoms. The molecule has 0 atom stereocenters. The Kier molecular flexibility index (Phi) is 5.54. The second-order valence-electron chi connectivity index (χ2n) is 4.67. The van der Waals surface area contributed by atoms with Crippen molar-refractivity contribution >= 4 is 34.3 Å². The molecule has 0 aliphatic carbocycles. The van der Waals surface area contributed by atoms with Gasteiger partial charge in [-0.25, -0.2) is 0 Å². The molecule has 1 aliphatic heterocycles. The zero-order chi connectivity index (χ0) is 14.5. The number of halogens is 1. The average molecular weight is 318 g/mol. The van der Waals surface area contributed by atoms with Gasteiger partial charge < -0.3 is 10.2 Å². The zero-order valence-corrected chi connectivity index (χ0v) is 13.4. The van der Waals surface area contributed by atoms with E-state index in [1.54, 1.807) is 0 Å². The fourth-order valence-corrected chi connectivity index (χ4v) is 3.63. The lowest BCUT2D eigenvalue weighted by Crippen LogP contribution is -2.31. The lowest BCUT2D eigenvalue weighted by Gasteiger charge is -2.23. The van der Waals surface area contributed by atoms with Gasteiger partial charge in [0.15, 0.2) is 0 Å². The van der Waals surface area contributed by atoms with Gasteiger partial charge in [0.1, 0.15) is 0 Å². The lowest BCUT2D eigenvalue weighted by atomic mass is 10.2. The van der Waals surface area contributed by atoms with E-state index in [4.69, 9.17) is 11.6 Å². The molecule has 0 bridgehead atoms. The molecule has 0 unspecified atom stereocenters. The van der Waals surface area contributed by atoms with Gasteiger partial charge in [-0.3, -0.25) is 4.21 Å². The molecule has 0 radical (unpaired) electrons. The normalized spacial score (nSPS) is 22.6. The number of aromatic nitrogens is 3. The Morgan fingerprint density at radius 2 is 1.90 bits per heavy atom. The standard InChI is InChI=1S/C12H20ClN5OS/c1-3-18(4-2)12-16-10(13)15-11(17-12)14-9-5-7-20(19)8-6-9/h9H,3-8H2,1-2H3,(H,14,15,16,17). The summed E-state index contributed by atoms with van der Waals surface area (Å²) in [4.78, 5) is 14.7. The van der Waals surface area contributed by atoms with Crippen LogP contribution in [0.15, 0.2) is 0 Å². The molecule has 0 aromatic carbocycles. The molecule has 1 saturated heterocycles. The predicted molar refractivity (Wildman–Crippen MR) is 82.9 cm³/mol. The third kappa shape index (κ3) is 4.02. The molecule has 112 valence electrons. The van der Waals surface area contributed by atoms with Crippen LogP contribution in [-0.4, -0.2) is 49.8 Å². The maximum Gasteiger partial charge on any atom is 0.231 e. The Bertz CT molecular complexity index is 473. The van der Waals surface area contributed by atoms with Gasteiger partial charge in [0.25, 0.3) is 0 Å². The predicted octanol–water partition coefficient (Wildman–Crippen LogP) is 1.69. The van der Waals surface area contributed by atoms with E-state index in [1.807, 2.05) is 18.7 Å². The Morgan fingerprint density at radius 1 is 1.25 bits per heavy atom. The third-order valence-electron chi connectivity index (χ3n) is 3.36. The van der Waals surface area contributed by atoms with E-state index in [9.17, 15) is 4.21 Å². The SMILES string of the molecule is CCN(CC)c1nc(Cl)nc(NC2CCS(=O)CC2)n1. The average Bonchev–Trinajstić information content (AvgIpc) is 2.42. The Hall–Kier alpha value is -0.950. The number of anilines is 2. The van der Waals surface area contributed by atoms with Crippen molar-refractivity contribution in [2.75, 3.05) is 34.8 Å². The first-order chi connectivity index (χ1) is 9.62. The number of nitrogens with zero attached hydrogens (tertiary/aromatic N) is 4. The van der Waals surface area contributed by atoms with Gasteiger partial charge in [0, 0.05) is 41.4 Å². The number of nitrogens with one attached hydrogen (secondary N) is 1. The molecule has 1 N–H and O–H groups in total. The van der Waals surface area contributed by atoms with Crippen molar-refractivity contribution in [1.29, 1.82) is 0 Å². The van der Waals surface area contributed by atoms with Crippen LogP contribution in [0.3, 0.4) is 0 Å². The minimum absolute atomic E-state index is 0.198. The second kappa shape index (κ2) is 7.17. The van der Waals surface area contributed by atoms with Crippen molar-refractivity contribution in [2.24, 2.45) is 0 Å². The molecular weight excluding hydrogens is 298 g/mol. The van der Waals surface area contributed by atoms with Crippen LogP contribution in [0.25, 0.3) is 0 Å². The van der Waals surface area contributed by atoms with Gasteiger partial charge in [-0.2, -0.15) is 15.0 Å². The van der Waals surface area contributed by atoms with Crippen LogP contribution in [0.1, 0.15) is 26.7 Å². The van der Waals surface area contributed by atoms with Crippen molar-refractivity contribution in [1.82, 2.24) is 15.0 Å². The topological polar surface area (TPSA) is 71.0 Å². The molecule has 1 aromatic rings. The quantitative estimate of drug-likeness (QED) is 0.891. The van der Waals surface area contributed by atoms with E-state index in [0.717, 1.165) is 37.4 Å². The summed E-state index contributed by atoms with van der Waals surface area (Å²) < 4.78 is 11.4. The molecule has 0 spiro atoms. The van der Waals surface area contributed by atoms with Crippen LogP contribution in [0.2, 0.25) is 5.28 Å². The van der Waals surface area contributed by atoms with Gasteiger partial charge in [-0.05, 0) is 38.3 Å². The highest BCUT2D eigenvalue weighted by Gasteiger charge is 2.19. The molecule has 2 heterocycles. The maximum atomic E-state index is 11.4. The molecule has 8 heteroatoms. The molecule has 0 saturated carbocycles. The first-order valence-corrected chi connectivity index (χ1v) is 8.77. The van der Waals surface area contributed by atoms with Crippen LogP contribution >= 0.6 is 11.6 Å². The second-order valence-corrected chi connectivity index (χ2v) is 6.70. The van der Waals surface area contributed by atoms with E-state index in [0.29, 0.717) is 11.9 Å². The summed E-state index contributed by atoms with van der Waals surface area (Å²) in [5.74, 6) is 2.57. The molecule has 1 aromatic heterocycles. The monoisotopic (exact) mass is 317 g/mol. The van der Waals surface area contributed by atoms with Crippen LogP contribution in [0, 0.1) is 0 Å². The minimum atomic E-state index is -0.665. The van der Waals surface area contributed by atoms with E-state index < -0.39 is 10.8 Å². The molecule has 6 nitrogen and oxygen atoms in total. The van der Waals surface area contributed by atoms with Gasteiger partial charge in [-0.1, -0.05) is 0 Å². The van der Waals surface area contributed by atoms with Crippen molar-refractivity contribution in [3.63, 3.8) is 0 Å². The van der Waals surface area contributed by atoms with Crippen molar-refractivity contribution < 1.29 is 4.21 Å². The highest BCUT2D eigenvalue weighted by molar-refractivity contribution is 7.85. The summed E-state index contributed by atoms with van der Waals surface area (Å²) in [5, 5.41) is 3.48. The highest BCUT2D eigenvalue weighted by Crippen LogP contribution is 2.17. The number of hydrogen-bond acceptors (Lipinski definition) is 6. The molecular formula is C12H20ClN5OS. The van der Waals surface area contributed by atoms with E-state index >= 15 is 0 Å². The zero-order valence-electron chi connectivity index (χ0n) is 11.8. The van der Waals surface area contributed by atoms with Crippen molar-refractivity contribution in [3.8, 4) is 0 Å². The third-order valence-corrected chi connectivity index (χ3v) is 4.91. The summed E-state index contributed by atoms with van der Waals surface area (Å²) in [5.41, 5.74) is 0. The molecule has 1 fully saturated rings. The highest BCUT2D eigenvalue weighted by atomic mass is 35.5. The summed E-state index contributed by atoms with van der Waals surface area (Å²) in [7, 11) is -0.665. The van der Waals surface area contributed by atoms with Gasteiger partial charge in [0.2, 0.25) is 17.2 Å². The lowest BCUT2D eigenvalue weighted by molar-refractivity contribution is 0.620. The summed E-state index contributed by atoms with van der Waals surface area (Å²) in [6.07, 6.45) is 1.74. The van der Waals surface area contributed by atoms with Gasteiger partial charge in [0.05, 0.1) is 0 Å². The first kappa shape index (κ1) is 15.4. The van der Waals surface area contributed by atoms with Crippen molar-refractivity contribution in [3.05, 3.63) is 5.28 Å². The minimum Gasteiger partial charge on any atom is -0.351 e. The summed E-state index contributed by atoms with van der Waals surface area (Å²) >= 11 is 5.97. The van der Waals surface area contributed by atoms with E-state index in [2.05, 4.69) is 20.3 Å². The van der Waals surface area contributed by atoms with Crippen LogP contribution in [-0.2, 0) is 10.8 Å². The fraction of sp³-hybridized carbons (Fsp3) is 0.750. The Morgan fingerprint density at radius 3 is 2.50 bits per heavy atom. The molecule has 2 rings (SSSR count). The van der Waals surface area contributed by atoms with Crippen LogP contribution < -0.4 is 10.2 Å². The smallest absolute Gasteiger partial charge is 0.231 e. The molecule has 1 aliphatic rings. The van der Waals surface area contributed by atoms with Crippen molar-refractivity contribution in [2.45, 2.75) is 32.7 Å². The number of hydrogen-bond donors (Lipinski definition) is 1. The molecule has 0 amide bonds. The van der Waals surface area contributed by atoms with E-state index in [-0.39, 0.29) is 11.3 Å². The largest absolute Gasteiger partial charge is 0.351 e. The summed E-state index contributed by atoms with van der Waals surface area (Å²) in [6, 6.07) is 0.260. The Labute approximate surface area is 126 Å². The summed E-state index contributed by atoms with van der Waals surface area (Å²) in [6.45, 7) is 5.73. The number of rotatable bonds is 5. The van der Waals surface area contributed by atoms with Gasteiger partial charge >= 0.3 is 0 Å². The van der Waals surface area contributed by atoms with E-state index in [1.165, 1.54) is 0 Å². The maximum absolute atomic E-state index is 11.4. The fourth-order valence-electron chi connectivity index (χ4n) is 2.17. The van der Waals surface area contributed by atoms with Crippen LogP contribution in [0.4, 0.5) is 11.9 Å².